The highest BCUT2D eigenvalue weighted by molar-refractivity contribution is 7.15. The Balaban J connectivity index is 1.91. The molecule has 2 heterocycles. The maximum Gasteiger partial charge on any atom is 0.308 e. The quantitative estimate of drug-likeness (QED) is 0.870. The number of anilines is 1. The van der Waals surface area contributed by atoms with Gasteiger partial charge in [0.1, 0.15) is 5.01 Å². The summed E-state index contributed by atoms with van der Waals surface area (Å²) in [6.07, 6.45) is 0.0859. The average molecular weight is 269 g/mol. The van der Waals surface area contributed by atoms with E-state index in [0.29, 0.717) is 6.54 Å². The molecule has 0 amide bonds. The predicted octanol–water partition coefficient (Wildman–Crippen LogP) is 2.15. The van der Waals surface area contributed by atoms with Crippen molar-refractivity contribution in [1.29, 1.82) is 0 Å². The standard InChI is InChI=1S/C10H11N3O2S2/c1-6-12-13-10(16-6)11-5-8-3-2-7(17-8)4-9(14)15/h2-3H,4-5H2,1H3,(H,11,13)(H,14,15). The molecule has 17 heavy (non-hydrogen) atoms. The van der Waals surface area contributed by atoms with E-state index >= 15 is 0 Å². The van der Waals surface area contributed by atoms with Crippen LogP contribution in [0.2, 0.25) is 0 Å². The van der Waals surface area contributed by atoms with Crippen molar-refractivity contribution in [2.75, 3.05) is 5.32 Å². The van der Waals surface area contributed by atoms with Crippen LogP contribution in [0.25, 0.3) is 0 Å². The van der Waals surface area contributed by atoms with Crippen molar-refractivity contribution in [3.8, 4) is 0 Å². The number of aromatic nitrogens is 2. The van der Waals surface area contributed by atoms with Gasteiger partial charge in [0.15, 0.2) is 0 Å². The van der Waals surface area contributed by atoms with Gasteiger partial charge in [-0.1, -0.05) is 11.3 Å². The molecule has 0 aliphatic carbocycles. The Morgan fingerprint density at radius 2 is 2.12 bits per heavy atom. The summed E-state index contributed by atoms with van der Waals surface area (Å²) in [5.74, 6) is -0.800. The van der Waals surface area contributed by atoms with Crippen LogP contribution >= 0.6 is 22.7 Å². The minimum absolute atomic E-state index is 0.0859. The monoisotopic (exact) mass is 269 g/mol. The van der Waals surface area contributed by atoms with E-state index < -0.39 is 5.97 Å². The fraction of sp³-hybridized carbons (Fsp3) is 0.300. The second-order valence-electron chi connectivity index (χ2n) is 3.42. The van der Waals surface area contributed by atoms with Crippen molar-refractivity contribution >= 4 is 33.8 Å². The second kappa shape index (κ2) is 5.24. The number of carboxylic acids is 1. The molecule has 0 atom stereocenters. The molecule has 0 aromatic carbocycles. The number of aliphatic carboxylic acids is 1. The molecule has 0 spiro atoms. The zero-order chi connectivity index (χ0) is 12.3. The fourth-order valence-corrected chi connectivity index (χ4v) is 2.83. The van der Waals surface area contributed by atoms with Crippen LogP contribution in [0.4, 0.5) is 5.13 Å². The first-order chi connectivity index (χ1) is 8.13. The molecule has 0 saturated carbocycles. The Kier molecular flexibility index (Phi) is 3.70. The summed E-state index contributed by atoms with van der Waals surface area (Å²) in [4.78, 5) is 12.5. The Morgan fingerprint density at radius 3 is 2.76 bits per heavy atom. The number of nitrogens with zero attached hydrogens (tertiary/aromatic N) is 2. The van der Waals surface area contributed by atoms with Gasteiger partial charge in [0, 0.05) is 9.75 Å². The van der Waals surface area contributed by atoms with Crippen molar-refractivity contribution < 1.29 is 9.90 Å². The lowest BCUT2D eigenvalue weighted by Gasteiger charge is -1.97. The summed E-state index contributed by atoms with van der Waals surface area (Å²) >= 11 is 3.00. The molecular formula is C10H11N3O2S2. The van der Waals surface area contributed by atoms with E-state index in [1.165, 1.54) is 22.7 Å². The van der Waals surface area contributed by atoms with E-state index in [2.05, 4.69) is 15.5 Å². The molecular weight excluding hydrogens is 258 g/mol. The number of aryl methyl sites for hydroxylation is 1. The molecule has 2 N–H and O–H groups in total. The highest BCUT2D eigenvalue weighted by atomic mass is 32.1. The predicted molar refractivity (Wildman–Crippen MR) is 67.6 cm³/mol. The number of carboxylic acid groups (broad SMARTS) is 1. The summed E-state index contributed by atoms with van der Waals surface area (Å²) in [6, 6.07) is 3.78. The van der Waals surface area contributed by atoms with Gasteiger partial charge in [-0.2, -0.15) is 0 Å². The molecule has 90 valence electrons. The molecule has 0 bridgehead atoms. The molecule has 0 fully saturated rings. The van der Waals surface area contributed by atoms with Crippen molar-refractivity contribution in [3.63, 3.8) is 0 Å². The van der Waals surface area contributed by atoms with Gasteiger partial charge in [0.25, 0.3) is 0 Å². The summed E-state index contributed by atoms with van der Waals surface area (Å²) in [5.41, 5.74) is 0. The lowest BCUT2D eigenvalue weighted by Crippen LogP contribution is -1.97. The van der Waals surface area contributed by atoms with E-state index in [1.54, 1.807) is 0 Å². The minimum atomic E-state index is -0.800. The first-order valence-electron chi connectivity index (χ1n) is 4.97. The molecule has 2 aromatic heterocycles. The summed E-state index contributed by atoms with van der Waals surface area (Å²) in [5, 5.41) is 21.4. The van der Waals surface area contributed by atoms with E-state index in [4.69, 9.17) is 5.11 Å². The van der Waals surface area contributed by atoms with Gasteiger partial charge >= 0.3 is 5.97 Å². The Bertz CT molecular complexity index is 521. The Morgan fingerprint density at radius 1 is 1.35 bits per heavy atom. The van der Waals surface area contributed by atoms with Crippen LogP contribution in [-0.4, -0.2) is 21.3 Å². The van der Waals surface area contributed by atoms with Gasteiger partial charge < -0.3 is 10.4 Å². The fourth-order valence-electron chi connectivity index (χ4n) is 1.29. The Hall–Kier alpha value is -1.47. The summed E-state index contributed by atoms with van der Waals surface area (Å²) in [6.45, 7) is 2.55. The van der Waals surface area contributed by atoms with Crippen molar-refractivity contribution in [1.82, 2.24) is 10.2 Å². The average Bonchev–Trinajstić information content (AvgIpc) is 2.84. The minimum Gasteiger partial charge on any atom is -0.481 e. The van der Waals surface area contributed by atoms with Crippen LogP contribution in [0.1, 0.15) is 14.8 Å². The lowest BCUT2D eigenvalue weighted by molar-refractivity contribution is -0.136. The maximum atomic E-state index is 10.5. The normalized spacial score (nSPS) is 10.4. The molecule has 0 saturated heterocycles. The van der Waals surface area contributed by atoms with Gasteiger partial charge in [-0.3, -0.25) is 4.79 Å². The molecule has 0 unspecified atom stereocenters. The number of thiophene rings is 1. The van der Waals surface area contributed by atoms with Gasteiger partial charge in [0.2, 0.25) is 5.13 Å². The van der Waals surface area contributed by atoms with Gasteiger partial charge in [-0.15, -0.1) is 21.5 Å². The van der Waals surface area contributed by atoms with E-state index in [1.807, 2.05) is 19.1 Å². The van der Waals surface area contributed by atoms with Crippen LogP contribution < -0.4 is 5.32 Å². The molecule has 2 aromatic rings. The zero-order valence-electron chi connectivity index (χ0n) is 9.14. The number of carbonyl (C=O) groups is 1. The third-order valence-corrected chi connectivity index (χ3v) is 3.86. The molecule has 7 heteroatoms. The molecule has 0 aliphatic heterocycles. The van der Waals surface area contributed by atoms with Crippen LogP contribution in [0.15, 0.2) is 12.1 Å². The lowest BCUT2D eigenvalue weighted by atomic mass is 10.3. The van der Waals surface area contributed by atoms with Crippen LogP contribution in [0.3, 0.4) is 0 Å². The van der Waals surface area contributed by atoms with Crippen molar-refractivity contribution in [3.05, 3.63) is 26.9 Å². The summed E-state index contributed by atoms with van der Waals surface area (Å²) in [7, 11) is 0. The number of hydrogen-bond acceptors (Lipinski definition) is 6. The first-order valence-corrected chi connectivity index (χ1v) is 6.60. The van der Waals surface area contributed by atoms with Crippen LogP contribution in [0.5, 0.6) is 0 Å². The van der Waals surface area contributed by atoms with E-state index in [9.17, 15) is 4.79 Å². The molecule has 5 nitrogen and oxygen atoms in total. The van der Waals surface area contributed by atoms with E-state index in [-0.39, 0.29) is 6.42 Å². The van der Waals surface area contributed by atoms with Gasteiger partial charge in [-0.25, -0.2) is 0 Å². The maximum absolute atomic E-state index is 10.5. The SMILES string of the molecule is Cc1nnc(NCc2ccc(CC(=O)O)s2)s1. The largest absolute Gasteiger partial charge is 0.481 e. The topological polar surface area (TPSA) is 75.1 Å². The first kappa shape index (κ1) is 12.0. The second-order valence-corrected chi connectivity index (χ2v) is 5.85. The number of rotatable bonds is 5. The third kappa shape index (κ3) is 3.50. The third-order valence-electron chi connectivity index (χ3n) is 1.98. The van der Waals surface area contributed by atoms with Gasteiger partial charge in [0.05, 0.1) is 13.0 Å². The molecule has 2 rings (SSSR count). The summed E-state index contributed by atoms with van der Waals surface area (Å²) < 4.78 is 0. The van der Waals surface area contributed by atoms with Crippen LogP contribution in [0, 0.1) is 6.92 Å². The van der Waals surface area contributed by atoms with E-state index in [0.717, 1.165) is 19.9 Å². The van der Waals surface area contributed by atoms with Crippen molar-refractivity contribution in [2.24, 2.45) is 0 Å². The van der Waals surface area contributed by atoms with Crippen molar-refractivity contribution in [2.45, 2.75) is 19.9 Å². The highest BCUT2D eigenvalue weighted by Gasteiger charge is 2.05. The highest BCUT2D eigenvalue weighted by Crippen LogP contribution is 2.20. The smallest absolute Gasteiger partial charge is 0.308 e. The van der Waals surface area contributed by atoms with Crippen LogP contribution in [-0.2, 0) is 17.8 Å². The zero-order valence-corrected chi connectivity index (χ0v) is 10.8. The number of hydrogen-bond donors (Lipinski definition) is 2. The molecule has 0 radical (unpaired) electrons. The number of nitrogens with one attached hydrogen (secondary N) is 1. The Labute approximate surface area is 106 Å². The van der Waals surface area contributed by atoms with Gasteiger partial charge in [-0.05, 0) is 19.1 Å². The molecule has 0 aliphatic rings.